The van der Waals surface area contributed by atoms with Gasteiger partial charge < -0.3 is 10.1 Å². The molecule has 19 heavy (non-hydrogen) atoms. The van der Waals surface area contributed by atoms with Gasteiger partial charge >= 0.3 is 0 Å². The predicted octanol–water partition coefficient (Wildman–Crippen LogP) is 3.19. The summed E-state index contributed by atoms with van der Waals surface area (Å²) in [5, 5.41) is 3.36. The van der Waals surface area contributed by atoms with E-state index in [9.17, 15) is 0 Å². The third-order valence-electron chi connectivity index (χ3n) is 4.84. The van der Waals surface area contributed by atoms with Crippen LogP contribution in [0.5, 0.6) is 5.75 Å². The maximum absolute atomic E-state index is 5.57. The molecule has 0 bridgehead atoms. The van der Waals surface area contributed by atoms with Crippen molar-refractivity contribution >= 4 is 0 Å². The third-order valence-corrected chi connectivity index (χ3v) is 4.84. The molecule has 0 amide bonds. The maximum atomic E-state index is 5.57. The molecule has 2 nitrogen and oxygen atoms in total. The Morgan fingerprint density at radius 1 is 1.26 bits per heavy atom. The molecule has 0 saturated heterocycles. The van der Waals surface area contributed by atoms with E-state index in [2.05, 4.69) is 30.6 Å². The topological polar surface area (TPSA) is 21.3 Å². The number of hydrogen-bond acceptors (Lipinski definition) is 2. The molecule has 1 heterocycles. The lowest BCUT2D eigenvalue weighted by molar-refractivity contribution is 0.355. The first-order valence-electron chi connectivity index (χ1n) is 7.76. The minimum absolute atomic E-state index is 0.867. The Balaban J connectivity index is 1.57. The molecule has 1 saturated carbocycles. The van der Waals surface area contributed by atoms with Gasteiger partial charge in [-0.1, -0.05) is 25.0 Å². The van der Waals surface area contributed by atoms with Crippen molar-refractivity contribution < 1.29 is 4.74 Å². The summed E-state index contributed by atoms with van der Waals surface area (Å²) in [6, 6.07) is 6.79. The second-order valence-electron chi connectivity index (χ2n) is 6.09. The normalized spacial score (nSPS) is 25.3. The molecule has 1 aliphatic heterocycles. The summed E-state index contributed by atoms with van der Waals surface area (Å²) < 4.78 is 5.57. The molecule has 0 radical (unpaired) electrons. The molecule has 1 fully saturated rings. The molecule has 2 atom stereocenters. The summed E-state index contributed by atoms with van der Waals surface area (Å²) in [5.41, 5.74) is 2.91. The van der Waals surface area contributed by atoms with Crippen molar-refractivity contribution in [2.24, 2.45) is 11.8 Å². The summed E-state index contributed by atoms with van der Waals surface area (Å²) in [6.45, 7) is 2.06. The monoisotopic (exact) mass is 259 g/mol. The van der Waals surface area contributed by atoms with Gasteiger partial charge in [0.2, 0.25) is 0 Å². The van der Waals surface area contributed by atoms with Crippen molar-refractivity contribution in [3.8, 4) is 5.75 Å². The minimum atomic E-state index is 0.867. The van der Waals surface area contributed by atoms with E-state index in [0.717, 1.165) is 30.6 Å². The molecule has 1 N–H and O–H groups in total. The molecular weight excluding hydrogens is 234 g/mol. The number of nitrogens with one attached hydrogen (secondary N) is 1. The first kappa shape index (κ1) is 13.0. The molecule has 0 aromatic heterocycles. The highest BCUT2D eigenvalue weighted by molar-refractivity contribution is 5.39. The summed E-state index contributed by atoms with van der Waals surface area (Å²) in [7, 11) is 2.08. The van der Waals surface area contributed by atoms with Gasteiger partial charge in [0.05, 0.1) is 6.61 Å². The van der Waals surface area contributed by atoms with Crippen LogP contribution in [0.4, 0.5) is 0 Å². The van der Waals surface area contributed by atoms with E-state index in [1.165, 1.54) is 49.8 Å². The van der Waals surface area contributed by atoms with Gasteiger partial charge in [0.25, 0.3) is 0 Å². The highest BCUT2D eigenvalue weighted by Crippen LogP contribution is 2.35. The third kappa shape index (κ3) is 2.94. The number of benzene rings is 1. The van der Waals surface area contributed by atoms with Gasteiger partial charge in [-0.2, -0.15) is 0 Å². The van der Waals surface area contributed by atoms with Crippen molar-refractivity contribution in [2.75, 3.05) is 20.2 Å². The van der Waals surface area contributed by atoms with E-state index in [0.29, 0.717) is 0 Å². The van der Waals surface area contributed by atoms with Crippen LogP contribution in [-0.2, 0) is 12.8 Å². The van der Waals surface area contributed by atoms with Crippen LogP contribution in [0.3, 0.4) is 0 Å². The van der Waals surface area contributed by atoms with Crippen LogP contribution in [0.15, 0.2) is 18.2 Å². The average Bonchev–Trinajstić information content (AvgIpc) is 3.05. The van der Waals surface area contributed by atoms with E-state index < -0.39 is 0 Å². The van der Waals surface area contributed by atoms with Gasteiger partial charge in [0.1, 0.15) is 5.75 Å². The Morgan fingerprint density at radius 2 is 2.16 bits per heavy atom. The Bertz CT molecular complexity index is 429. The van der Waals surface area contributed by atoms with Crippen molar-refractivity contribution in [1.29, 1.82) is 0 Å². The first-order chi connectivity index (χ1) is 9.36. The zero-order chi connectivity index (χ0) is 13.1. The fourth-order valence-corrected chi connectivity index (χ4v) is 3.77. The van der Waals surface area contributed by atoms with Crippen LogP contribution < -0.4 is 10.1 Å². The molecule has 1 aromatic rings. The molecule has 104 valence electrons. The maximum Gasteiger partial charge on any atom is 0.122 e. The first-order valence-corrected chi connectivity index (χ1v) is 7.76. The Morgan fingerprint density at radius 3 is 3.05 bits per heavy atom. The highest BCUT2D eigenvalue weighted by Gasteiger charge is 2.26. The van der Waals surface area contributed by atoms with E-state index in [1.807, 2.05) is 0 Å². The lowest BCUT2D eigenvalue weighted by Crippen LogP contribution is -2.22. The Hall–Kier alpha value is -1.02. The summed E-state index contributed by atoms with van der Waals surface area (Å²) in [5.74, 6) is 2.94. The van der Waals surface area contributed by atoms with Gasteiger partial charge in [-0.15, -0.1) is 0 Å². The van der Waals surface area contributed by atoms with Gasteiger partial charge in [0, 0.05) is 6.42 Å². The summed E-state index contributed by atoms with van der Waals surface area (Å²) in [6.07, 6.45) is 7.96. The molecule has 2 aliphatic rings. The number of fused-ring (bicyclic) bond motifs is 1. The van der Waals surface area contributed by atoms with Crippen LogP contribution in [0.2, 0.25) is 0 Å². The van der Waals surface area contributed by atoms with Gasteiger partial charge in [-0.3, -0.25) is 0 Å². The molecule has 3 rings (SSSR count). The molecule has 1 aliphatic carbocycles. The quantitative estimate of drug-likeness (QED) is 0.877. The number of rotatable bonds is 5. The van der Waals surface area contributed by atoms with Crippen LogP contribution in [0, 0.1) is 11.8 Å². The fraction of sp³-hybridized carbons (Fsp3) is 0.647. The lowest BCUT2D eigenvalue weighted by Gasteiger charge is -2.19. The molecular formula is C17H25NO. The summed E-state index contributed by atoms with van der Waals surface area (Å²) >= 11 is 0. The fourth-order valence-electron chi connectivity index (χ4n) is 3.77. The lowest BCUT2D eigenvalue weighted by atomic mass is 9.89. The minimum Gasteiger partial charge on any atom is -0.493 e. The zero-order valence-electron chi connectivity index (χ0n) is 12.0. The average molecular weight is 259 g/mol. The van der Waals surface area contributed by atoms with Crippen molar-refractivity contribution in [3.05, 3.63) is 29.3 Å². The molecule has 2 heteroatoms. The van der Waals surface area contributed by atoms with Crippen LogP contribution >= 0.6 is 0 Å². The summed E-state index contributed by atoms with van der Waals surface area (Å²) in [4.78, 5) is 0. The standard InChI is InChI=1S/C17H25NO/c1-18-12-16-4-2-3-14(16)7-5-13-6-8-17-15(11-13)9-10-19-17/h6,8,11,14,16,18H,2-5,7,9-10,12H2,1H3. The molecule has 1 aromatic carbocycles. The number of hydrogen-bond donors (Lipinski definition) is 1. The zero-order valence-corrected chi connectivity index (χ0v) is 12.0. The predicted molar refractivity (Wildman–Crippen MR) is 78.7 cm³/mol. The van der Waals surface area contributed by atoms with E-state index in [4.69, 9.17) is 4.74 Å². The van der Waals surface area contributed by atoms with Gasteiger partial charge in [-0.05, 0) is 61.9 Å². The molecule has 2 unspecified atom stereocenters. The van der Waals surface area contributed by atoms with Gasteiger partial charge in [0.15, 0.2) is 0 Å². The highest BCUT2D eigenvalue weighted by atomic mass is 16.5. The van der Waals surface area contributed by atoms with Crippen molar-refractivity contribution in [3.63, 3.8) is 0 Å². The van der Waals surface area contributed by atoms with Crippen molar-refractivity contribution in [1.82, 2.24) is 5.32 Å². The SMILES string of the molecule is CNCC1CCCC1CCc1ccc2c(c1)CCO2. The largest absolute Gasteiger partial charge is 0.493 e. The second kappa shape index (κ2) is 5.96. The van der Waals surface area contributed by atoms with Crippen LogP contribution in [0.1, 0.15) is 36.8 Å². The van der Waals surface area contributed by atoms with Crippen LogP contribution in [-0.4, -0.2) is 20.2 Å². The van der Waals surface area contributed by atoms with E-state index in [-0.39, 0.29) is 0 Å². The Kier molecular flexibility index (Phi) is 4.07. The van der Waals surface area contributed by atoms with E-state index >= 15 is 0 Å². The number of ether oxygens (including phenoxy) is 1. The molecule has 0 spiro atoms. The van der Waals surface area contributed by atoms with Crippen LogP contribution in [0.25, 0.3) is 0 Å². The Labute approximate surface area is 116 Å². The second-order valence-corrected chi connectivity index (χ2v) is 6.09. The smallest absolute Gasteiger partial charge is 0.122 e. The number of aryl methyl sites for hydroxylation is 1. The van der Waals surface area contributed by atoms with Gasteiger partial charge in [-0.25, -0.2) is 0 Å². The van der Waals surface area contributed by atoms with Crippen molar-refractivity contribution in [2.45, 2.75) is 38.5 Å². The van der Waals surface area contributed by atoms with E-state index in [1.54, 1.807) is 0 Å².